The molecule has 1 saturated carbocycles. The molecule has 2 aliphatic rings. The Balaban J connectivity index is 1.69. The van der Waals surface area contributed by atoms with Gasteiger partial charge in [0.05, 0.1) is 11.3 Å². The number of nitrogens with one attached hydrogen (secondary N) is 1. The first-order valence-corrected chi connectivity index (χ1v) is 10.8. The molecule has 0 amide bonds. The summed E-state index contributed by atoms with van der Waals surface area (Å²) in [6.45, 7) is 1.64. The summed E-state index contributed by atoms with van der Waals surface area (Å²) >= 11 is 0. The Morgan fingerprint density at radius 2 is 2.00 bits per heavy atom. The van der Waals surface area contributed by atoms with E-state index in [4.69, 9.17) is 4.74 Å². The second-order valence-electron chi connectivity index (χ2n) is 6.79. The minimum atomic E-state index is -3.14. The van der Waals surface area contributed by atoms with E-state index < -0.39 is 21.1 Å². The van der Waals surface area contributed by atoms with Crippen molar-refractivity contribution in [1.82, 2.24) is 5.32 Å². The second-order valence-corrected chi connectivity index (χ2v) is 9.36. The normalized spacial score (nSPS) is 27.1. The number of fused-ring (bicyclic) bond motifs is 1. The molecular formula is C20H23NO5S. The Labute approximate surface area is 159 Å². The zero-order valence-corrected chi connectivity index (χ0v) is 15.9. The maximum absolute atomic E-state index is 12.2. The monoisotopic (exact) mass is 389 g/mol. The summed E-state index contributed by atoms with van der Waals surface area (Å²) in [5, 5.41) is 2.59. The van der Waals surface area contributed by atoms with Crippen molar-refractivity contribution >= 4 is 27.7 Å². The quantitative estimate of drug-likeness (QED) is 0.612. The first-order chi connectivity index (χ1) is 12.9. The van der Waals surface area contributed by atoms with Gasteiger partial charge in [0, 0.05) is 11.8 Å². The average Bonchev–Trinajstić information content (AvgIpc) is 2.67. The van der Waals surface area contributed by atoms with E-state index in [-0.39, 0.29) is 29.4 Å². The van der Waals surface area contributed by atoms with E-state index in [1.807, 2.05) is 30.3 Å². The third-order valence-corrected chi connectivity index (χ3v) is 7.24. The number of sulfone groups is 1. The average molecular weight is 389 g/mol. The first-order valence-electron chi connectivity index (χ1n) is 9.07. The van der Waals surface area contributed by atoms with Gasteiger partial charge in [0.25, 0.3) is 0 Å². The van der Waals surface area contributed by atoms with Gasteiger partial charge in [0.15, 0.2) is 15.6 Å². The number of allylic oxidation sites excluding steroid dienone is 2. The summed E-state index contributed by atoms with van der Waals surface area (Å²) in [5.74, 6) is -0.819. The van der Waals surface area contributed by atoms with Gasteiger partial charge < -0.3 is 10.1 Å². The van der Waals surface area contributed by atoms with Gasteiger partial charge >= 0.3 is 5.97 Å². The van der Waals surface area contributed by atoms with Crippen molar-refractivity contribution in [1.29, 1.82) is 0 Å². The lowest BCUT2D eigenvalue weighted by Gasteiger charge is -2.39. The Morgan fingerprint density at radius 1 is 1.26 bits per heavy atom. The van der Waals surface area contributed by atoms with Gasteiger partial charge in [-0.25, -0.2) is 13.2 Å². The molecule has 6 nitrogen and oxygen atoms in total. The number of morpholine rings is 1. The van der Waals surface area contributed by atoms with Gasteiger partial charge in [-0.2, -0.15) is 0 Å². The van der Waals surface area contributed by atoms with Crippen LogP contribution in [0.1, 0.15) is 31.7 Å². The fourth-order valence-corrected chi connectivity index (χ4v) is 4.92. The van der Waals surface area contributed by atoms with Gasteiger partial charge in [-0.05, 0) is 30.9 Å². The smallest absolute Gasteiger partial charge is 0.354 e. The van der Waals surface area contributed by atoms with E-state index in [0.717, 1.165) is 5.56 Å². The van der Waals surface area contributed by atoms with Crippen LogP contribution in [0.4, 0.5) is 0 Å². The zero-order chi connectivity index (χ0) is 19.4. The highest BCUT2D eigenvalue weighted by atomic mass is 32.2. The molecule has 0 spiro atoms. The van der Waals surface area contributed by atoms with Crippen molar-refractivity contribution in [3.63, 3.8) is 0 Å². The zero-order valence-electron chi connectivity index (χ0n) is 15.1. The summed E-state index contributed by atoms with van der Waals surface area (Å²) < 4.78 is 29.7. The molecule has 0 aromatic heterocycles. The van der Waals surface area contributed by atoms with Crippen molar-refractivity contribution in [3.05, 3.63) is 53.7 Å². The number of hydrogen-bond donors (Lipinski definition) is 1. The largest absolute Gasteiger partial charge is 0.456 e. The van der Waals surface area contributed by atoms with Crippen LogP contribution in [-0.2, 0) is 24.2 Å². The molecule has 1 aliphatic heterocycles. The molecule has 3 atom stereocenters. The predicted octanol–water partition coefficient (Wildman–Crippen LogP) is 2.02. The number of carbonyl (C=O) groups excluding carboxylic acids is 2. The number of ketones is 1. The van der Waals surface area contributed by atoms with Gasteiger partial charge in [0.1, 0.15) is 11.8 Å². The lowest BCUT2D eigenvalue weighted by atomic mass is 9.90. The molecule has 144 valence electrons. The number of hydrogen-bond acceptors (Lipinski definition) is 6. The maximum Gasteiger partial charge on any atom is 0.354 e. The van der Waals surface area contributed by atoms with E-state index in [0.29, 0.717) is 19.3 Å². The summed E-state index contributed by atoms with van der Waals surface area (Å²) in [6, 6.07) is 9.06. The van der Waals surface area contributed by atoms with E-state index >= 15 is 0 Å². The molecule has 1 heterocycles. The minimum Gasteiger partial charge on any atom is -0.456 e. The number of esters is 1. The van der Waals surface area contributed by atoms with E-state index in [1.54, 1.807) is 13.0 Å². The summed E-state index contributed by atoms with van der Waals surface area (Å²) in [4.78, 5) is 24.3. The Bertz CT molecular complexity index is 873. The van der Waals surface area contributed by atoms with E-state index in [2.05, 4.69) is 5.32 Å². The van der Waals surface area contributed by atoms with Crippen molar-refractivity contribution < 1.29 is 22.7 Å². The molecule has 0 radical (unpaired) electrons. The van der Waals surface area contributed by atoms with Crippen LogP contribution in [0.15, 0.2) is 48.2 Å². The van der Waals surface area contributed by atoms with Crippen molar-refractivity contribution in [2.45, 2.75) is 43.6 Å². The second kappa shape index (κ2) is 8.08. The molecule has 3 unspecified atom stereocenters. The van der Waals surface area contributed by atoms with Gasteiger partial charge in [0.2, 0.25) is 0 Å². The topological polar surface area (TPSA) is 89.5 Å². The van der Waals surface area contributed by atoms with Crippen molar-refractivity contribution in [3.8, 4) is 0 Å². The standard InChI is InChI=1S/C20H23NO5S/c1-2-27(24,25)16-10-11-19-17(13-16)21-18(20(23)26-19)12-15(22)9-8-14-6-4-3-5-7-14/h3-9,12,16-17,19,21H,2,10-11,13H2,1H3/b9-8+,18-12+. The molecule has 1 aliphatic carbocycles. The van der Waals surface area contributed by atoms with Crippen molar-refractivity contribution in [2.24, 2.45) is 0 Å². The van der Waals surface area contributed by atoms with Crippen LogP contribution in [0.25, 0.3) is 6.08 Å². The van der Waals surface area contributed by atoms with E-state index in [9.17, 15) is 18.0 Å². The molecular weight excluding hydrogens is 366 g/mol. The van der Waals surface area contributed by atoms with Crippen LogP contribution in [0.3, 0.4) is 0 Å². The van der Waals surface area contributed by atoms with Gasteiger partial charge in [-0.15, -0.1) is 0 Å². The molecule has 1 saturated heterocycles. The third kappa shape index (κ3) is 4.66. The Hall–Kier alpha value is -2.41. The highest BCUT2D eigenvalue weighted by Gasteiger charge is 2.41. The number of carbonyl (C=O) groups is 2. The first kappa shape index (κ1) is 19.4. The molecule has 3 rings (SSSR count). The maximum atomic E-state index is 12.2. The summed E-state index contributed by atoms with van der Waals surface area (Å²) in [7, 11) is -3.14. The summed E-state index contributed by atoms with van der Waals surface area (Å²) in [5.41, 5.74) is 0.955. The molecule has 1 N–H and O–H groups in total. The number of rotatable bonds is 5. The van der Waals surface area contributed by atoms with Crippen LogP contribution in [0.2, 0.25) is 0 Å². The van der Waals surface area contributed by atoms with E-state index in [1.165, 1.54) is 12.2 Å². The van der Waals surface area contributed by atoms with Crippen LogP contribution in [0.5, 0.6) is 0 Å². The predicted molar refractivity (Wildman–Crippen MR) is 102 cm³/mol. The molecule has 0 bridgehead atoms. The molecule has 27 heavy (non-hydrogen) atoms. The van der Waals surface area contributed by atoms with Crippen LogP contribution in [0, 0.1) is 0 Å². The van der Waals surface area contributed by atoms with Crippen LogP contribution < -0.4 is 5.32 Å². The van der Waals surface area contributed by atoms with Crippen LogP contribution >= 0.6 is 0 Å². The minimum absolute atomic E-state index is 0.0773. The Morgan fingerprint density at radius 3 is 2.70 bits per heavy atom. The molecule has 7 heteroatoms. The molecule has 1 aromatic rings. The molecule has 1 aromatic carbocycles. The highest BCUT2D eigenvalue weighted by molar-refractivity contribution is 7.92. The summed E-state index contributed by atoms with van der Waals surface area (Å²) in [6.07, 6.45) is 5.27. The lowest BCUT2D eigenvalue weighted by molar-refractivity contribution is -0.152. The van der Waals surface area contributed by atoms with Crippen LogP contribution in [-0.4, -0.2) is 43.3 Å². The molecule has 2 fully saturated rings. The number of benzene rings is 1. The Kier molecular flexibility index (Phi) is 5.79. The van der Waals surface area contributed by atoms with Gasteiger partial charge in [-0.3, -0.25) is 4.79 Å². The fourth-order valence-electron chi connectivity index (χ4n) is 3.45. The fraction of sp³-hybridized carbons (Fsp3) is 0.400. The highest BCUT2D eigenvalue weighted by Crippen LogP contribution is 2.30. The SMILES string of the molecule is CCS(=O)(=O)C1CCC2OC(=O)/C(=C\C(=O)/C=C/c3ccccc3)NC2C1. The van der Waals surface area contributed by atoms with Gasteiger partial charge in [-0.1, -0.05) is 43.3 Å². The van der Waals surface area contributed by atoms with Crippen molar-refractivity contribution in [2.75, 3.05) is 5.75 Å². The number of ether oxygens (including phenoxy) is 1. The lowest BCUT2D eigenvalue weighted by Crippen LogP contribution is -2.54. The third-order valence-electron chi connectivity index (χ3n) is 4.99.